The van der Waals surface area contributed by atoms with E-state index in [9.17, 15) is 0 Å². The zero-order valence-electron chi connectivity index (χ0n) is 15.3. The van der Waals surface area contributed by atoms with Gasteiger partial charge in [0, 0.05) is 0 Å². The van der Waals surface area contributed by atoms with Crippen molar-refractivity contribution in [2.75, 3.05) is 0 Å². The molecule has 0 bridgehead atoms. The van der Waals surface area contributed by atoms with E-state index >= 15 is 0 Å². The molecule has 0 nitrogen and oxygen atoms in total. The summed E-state index contributed by atoms with van der Waals surface area (Å²) >= 11 is 2.28. The van der Waals surface area contributed by atoms with Crippen LogP contribution in [0.25, 0.3) is 0 Å². The van der Waals surface area contributed by atoms with E-state index in [0.717, 1.165) is 5.92 Å². The van der Waals surface area contributed by atoms with Crippen LogP contribution in [0.1, 0.15) is 25.7 Å². The normalized spacial score (nSPS) is 13.4. The molecule has 27 heavy (non-hydrogen) atoms. The third-order valence-corrected chi connectivity index (χ3v) is 7.40. The second kappa shape index (κ2) is 11.3. The van der Waals surface area contributed by atoms with Crippen LogP contribution in [-0.4, -0.2) is 0 Å². The Kier molecular flexibility index (Phi) is 8.41. The van der Waals surface area contributed by atoms with Crippen molar-refractivity contribution in [3.8, 4) is 10.1 Å². The summed E-state index contributed by atoms with van der Waals surface area (Å²) in [7, 11) is -0.446. The Morgan fingerprint density at radius 2 is 1.00 bits per heavy atom. The van der Waals surface area contributed by atoms with Gasteiger partial charge >= 0.3 is 62.7 Å². The molecule has 2 heteroatoms. The van der Waals surface area contributed by atoms with Crippen molar-refractivity contribution < 1.29 is 21.1 Å². The van der Waals surface area contributed by atoms with Crippen molar-refractivity contribution in [2.24, 2.45) is 5.92 Å². The minimum absolute atomic E-state index is 0.446. The van der Waals surface area contributed by atoms with Crippen LogP contribution in [0.15, 0.2) is 91.0 Å². The molecule has 0 saturated heterocycles. The van der Waals surface area contributed by atoms with Crippen LogP contribution < -0.4 is 15.9 Å². The van der Waals surface area contributed by atoms with Gasteiger partial charge in [0.1, 0.15) is 0 Å². The van der Waals surface area contributed by atoms with E-state index in [4.69, 9.17) is 0 Å². The third kappa shape index (κ3) is 6.21. The molecule has 1 aliphatic carbocycles. The molecule has 3 aromatic rings. The average Bonchev–Trinajstić information content (AvgIpc) is 3.25. The van der Waals surface area contributed by atoms with Gasteiger partial charge in [0.2, 0.25) is 0 Å². The predicted octanol–water partition coefficient (Wildman–Crippen LogP) is 5.13. The summed E-state index contributed by atoms with van der Waals surface area (Å²) in [5.41, 5.74) is 0. The second-order valence-corrected chi connectivity index (χ2v) is 9.30. The smallest absolute Gasteiger partial charge is 0.0134 e. The first kappa shape index (κ1) is 20.1. The molecule has 0 spiro atoms. The fourth-order valence-corrected chi connectivity index (χ4v) is 6.06. The molecule has 1 aliphatic rings. The second-order valence-electron chi connectivity index (χ2n) is 6.54. The maximum atomic E-state index is 3.17. The number of rotatable bonds is 3. The van der Waals surface area contributed by atoms with Gasteiger partial charge in [-0.15, -0.1) is 0 Å². The Bertz CT molecular complexity index is 750. The molecule has 1 saturated carbocycles. The van der Waals surface area contributed by atoms with Gasteiger partial charge in [-0.05, 0) is 23.8 Å². The summed E-state index contributed by atoms with van der Waals surface area (Å²) in [5.74, 6) is 3.91. The van der Waals surface area contributed by atoms with Crippen molar-refractivity contribution in [1.29, 1.82) is 0 Å². The van der Waals surface area contributed by atoms with Crippen molar-refractivity contribution in [2.45, 2.75) is 25.7 Å². The van der Waals surface area contributed by atoms with Crippen LogP contribution in [0.4, 0.5) is 0 Å². The van der Waals surface area contributed by atoms with Crippen LogP contribution in [0.5, 0.6) is 0 Å². The topological polar surface area (TPSA) is 0 Å². The molecular formula is C25H24AuP. The zero-order valence-corrected chi connectivity index (χ0v) is 18.4. The first-order chi connectivity index (χ1) is 13.4. The van der Waals surface area contributed by atoms with Crippen LogP contribution in [0, 0.1) is 16.0 Å². The van der Waals surface area contributed by atoms with Crippen molar-refractivity contribution in [3.05, 3.63) is 91.0 Å². The molecule has 0 unspecified atom stereocenters. The molecule has 3 aromatic carbocycles. The van der Waals surface area contributed by atoms with Gasteiger partial charge in [0.25, 0.3) is 0 Å². The quantitative estimate of drug-likeness (QED) is 0.240. The molecule has 1 fully saturated rings. The van der Waals surface area contributed by atoms with Crippen LogP contribution >= 0.6 is 7.92 Å². The van der Waals surface area contributed by atoms with Crippen molar-refractivity contribution >= 4 is 23.8 Å². The number of hydrogen-bond acceptors (Lipinski definition) is 0. The van der Waals surface area contributed by atoms with Crippen molar-refractivity contribution in [1.82, 2.24) is 0 Å². The first-order valence-corrected chi connectivity index (χ1v) is 11.8. The molecule has 0 atom stereocenters. The van der Waals surface area contributed by atoms with E-state index in [-0.39, 0.29) is 0 Å². The minimum atomic E-state index is -0.446. The van der Waals surface area contributed by atoms with Gasteiger partial charge in [-0.1, -0.05) is 91.0 Å². The van der Waals surface area contributed by atoms with E-state index in [2.05, 4.69) is 122 Å². The van der Waals surface area contributed by atoms with Gasteiger partial charge in [-0.25, -0.2) is 0 Å². The van der Waals surface area contributed by atoms with Crippen LogP contribution in [-0.2, 0) is 21.1 Å². The van der Waals surface area contributed by atoms with Gasteiger partial charge < -0.3 is 0 Å². The first-order valence-electron chi connectivity index (χ1n) is 9.41. The Balaban J connectivity index is 0.000000221. The summed E-state index contributed by atoms with van der Waals surface area (Å²) in [6.07, 6.45) is 5.47. The van der Waals surface area contributed by atoms with Gasteiger partial charge in [0.15, 0.2) is 0 Å². The molecule has 0 amide bonds. The maximum Gasteiger partial charge on any atom is -0.0134 e. The SMILES string of the molecule is [Au][C]#CC1CCCC1.c1ccc(P(c2ccccc2)c2ccccc2)cc1. The molecule has 0 N–H and O–H groups in total. The maximum absolute atomic E-state index is 3.17. The van der Waals surface area contributed by atoms with Crippen LogP contribution in [0.3, 0.4) is 0 Å². The molecule has 4 rings (SSSR count). The zero-order chi connectivity index (χ0) is 18.7. The Hall–Kier alpha value is -1.61. The molecule has 0 heterocycles. The van der Waals surface area contributed by atoms with E-state index in [1.165, 1.54) is 41.6 Å². The van der Waals surface area contributed by atoms with Gasteiger partial charge in [0.05, 0.1) is 0 Å². The molecular weight excluding hydrogens is 528 g/mol. The third-order valence-electron chi connectivity index (χ3n) is 4.65. The van der Waals surface area contributed by atoms with E-state index in [1.807, 2.05) is 0 Å². The van der Waals surface area contributed by atoms with Gasteiger partial charge in [-0.3, -0.25) is 0 Å². The Morgan fingerprint density at radius 3 is 1.33 bits per heavy atom. The molecule has 0 aliphatic heterocycles. The predicted molar refractivity (Wildman–Crippen MR) is 115 cm³/mol. The summed E-state index contributed by atoms with van der Waals surface area (Å²) in [6.45, 7) is 0. The van der Waals surface area contributed by atoms with Crippen molar-refractivity contribution in [3.63, 3.8) is 0 Å². The fourth-order valence-electron chi connectivity index (χ4n) is 3.31. The standard InChI is InChI=1S/C18H15P.C7H9.Au/c1-4-10-16(11-5-1)19(17-12-6-2-7-13-17)18-14-8-3-9-15-18;1-2-7-5-3-4-6-7;/h1-15H;7H,3-6H2;. The average molecular weight is 552 g/mol. The summed E-state index contributed by atoms with van der Waals surface area (Å²) in [6, 6.07) is 32.3. The van der Waals surface area contributed by atoms with Gasteiger partial charge in [-0.2, -0.15) is 0 Å². The van der Waals surface area contributed by atoms with E-state index < -0.39 is 7.92 Å². The van der Waals surface area contributed by atoms with Crippen LogP contribution in [0.2, 0.25) is 0 Å². The van der Waals surface area contributed by atoms with E-state index in [0.29, 0.717) is 0 Å². The number of hydrogen-bond donors (Lipinski definition) is 0. The largest absolute Gasteiger partial charge is 0.0622 e. The summed E-state index contributed by atoms with van der Waals surface area (Å²) in [4.78, 5) is 0. The molecule has 0 radical (unpaired) electrons. The molecule has 140 valence electrons. The summed E-state index contributed by atoms with van der Waals surface area (Å²) < 4.78 is 2.90. The van der Waals surface area contributed by atoms with E-state index in [1.54, 1.807) is 0 Å². The fraction of sp³-hybridized carbons (Fsp3) is 0.200. The molecule has 0 aromatic heterocycles. The Labute approximate surface area is 177 Å². The minimum Gasteiger partial charge on any atom is -0.0622 e. The Morgan fingerprint density at radius 1 is 0.630 bits per heavy atom. The number of benzene rings is 3. The monoisotopic (exact) mass is 552 g/mol. The summed E-state index contributed by atoms with van der Waals surface area (Å²) in [5, 5.41) is 4.19.